The normalized spacial score (nSPS) is 19.9. The molecular weight excluding hydrogens is 340 g/mol. The van der Waals surface area contributed by atoms with Crippen LogP contribution in [0.4, 0.5) is 11.6 Å². The van der Waals surface area contributed by atoms with Crippen LogP contribution in [0, 0.1) is 0 Å². The Bertz CT molecular complexity index is 754. The fourth-order valence-corrected chi connectivity index (χ4v) is 3.76. The number of carbonyl (C=O) groups is 1. The third-order valence-corrected chi connectivity index (χ3v) is 5.25. The summed E-state index contributed by atoms with van der Waals surface area (Å²) in [5.41, 5.74) is 1.06. The van der Waals surface area contributed by atoms with Gasteiger partial charge in [-0.25, -0.2) is 9.97 Å². The molecule has 1 amide bonds. The number of nitrogens with one attached hydrogen (secondary N) is 2. The van der Waals surface area contributed by atoms with Crippen LogP contribution >= 0.6 is 0 Å². The van der Waals surface area contributed by atoms with Gasteiger partial charge in [0.2, 0.25) is 5.91 Å². The topological polar surface area (TPSA) is 73.4 Å². The number of aromatic nitrogens is 2. The molecule has 27 heavy (non-hydrogen) atoms. The summed E-state index contributed by atoms with van der Waals surface area (Å²) in [6.45, 7) is 5.03. The maximum atomic E-state index is 12.3. The SMILES string of the molecule is O=C(NCc1cccnc1N1CCN(c2ccccn2)CC1)C1CCCN1. The highest BCUT2D eigenvalue weighted by molar-refractivity contribution is 5.82. The van der Waals surface area contributed by atoms with Crippen LogP contribution in [0.5, 0.6) is 0 Å². The standard InChI is InChI=1S/C20H26N6O/c27-20(17-6-4-9-21-17)24-15-16-5-3-10-23-19(16)26-13-11-25(12-14-26)18-7-1-2-8-22-18/h1-3,5,7-8,10,17,21H,4,6,9,11-15H2,(H,24,27). The lowest BCUT2D eigenvalue weighted by atomic mass is 10.2. The van der Waals surface area contributed by atoms with Crippen molar-refractivity contribution in [2.24, 2.45) is 0 Å². The summed E-state index contributed by atoms with van der Waals surface area (Å²) >= 11 is 0. The molecule has 1 unspecified atom stereocenters. The zero-order valence-electron chi connectivity index (χ0n) is 15.5. The maximum Gasteiger partial charge on any atom is 0.237 e. The summed E-state index contributed by atoms with van der Waals surface area (Å²) in [5, 5.41) is 6.31. The van der Waals surface area contributed by atoms with Gasteiger partial charge in [0.25, 0.3) is 0 Å². The number of amides is 1. The van der Waals surface area contributed by atoms with E-state index in [0.29, 0.717) is 6.54 Å². The van der Waals surface area contributed by atoms with E-state index in [9.17, 15) is 4.79 Å². The smallest absolute Gasteiger partial charge is 0.237 e. The molecule has 0 aromatic carbocycles. The lowest BCUT2D eigenvalue weighted by Gasteiger charge is -2.36. The highest BCUT2D eigenvalue weighted by Crippen LogP contribution is 2.21. The second-order valence-electron chi connectivity index (χ2n) is 7.01. The van der Waals surface area contributed by atoms with Crippen LogP contribution in [0.15, 0.2) is 42.7 Å². The number of hydrogen-bond donors (Lipinski definition) is 2. The van der Waals surface area contributed by atoms with E-state index < -0.39 is 0 Å². The third-order valence-electron chi connectivity index (χ3n) is 5.25. The summed E-state index contributed by atoms with van der Waals surface area (Å²) in [5.74, 6) is 2.08. The molecule has 4 heterocycles. The Hall–Kier alpha value is -2.67. The molecule has 0 radical (unpaired) electrons. The van der Waals surface area contributed by atoms with Crippen molar-refractivity contribution in [3.8, 4) is 0 Å². The molecule has 2 aliphatic heterocycles. The average Bonchev–Trinajstić information content (AvgIpc) is 3.28. The van der Waals surface area contributed by atoms with E-state index in [1.54, 1.807) is 0 Å². The van der Waals surface area contributed by atoms with Crippen LogP contribution in [-0.2, 0) is 11.3 Å². The lowest BCUT2D eigenvalue weighted by Crippen LogP contribution is -2.47. The fraction of sp³-hybridized carbons (Fsp3) is 0.450. The van der Waals surface area contributed by atoms with Crippen LogP contribution < -0.4 is 20.4 Å². The van der Waals surface area contributed by atoms with Gasteiger partial charge in [0, 0.05) is 50.7 Å². The molecule has 2 N–H and O–H groups in total. The number of anilines is 2. The molecule has 0 bridgehead atoms. The Morgan fingerprint density at radius 2 is 1.89 bits per heavy atom. The van der Waals surface area contributed by atoms with E-state index in [0.717, 1.165) is 62.8 Å². The van der Waals surface area contributed by atoms with Crippen LogP contribution in [0.3, 0.4) is 0 Å². The van der Waals surface area contributed by atoms with Gasteiger partial charge in [-0.3, -0.25) is 4.79 Å². The number of nitrogens with zero attached hydrogens (tertiary/aromatic N) is 4. The Morgan fingerprint density at radius 3 is 2.63 bits per heavy atom. The van der Waals surface area contributed by atoms with Gasteiger partial charge < -0.3 is 20.4 Å². The number of hydrogen-bond acceptors (Lipinski definition) is 6. The molecule has 0 saturated carbocycles. The first-order valence-electron chi connectivity index (χ1n) is 9.67. The largest absolute Gasteiger partial charge is 0.353 e. The van der Waals surface area contributed by atoms with Crippen molar-refractivity contribution in [3.63, 3.8) is 0 Å². The van der Waals surface area contributed by atoms with E-state index in [1.165, 1.54) is 0 Å². The van der Waals surface area contributed by atoms with Gasteiger partial charge in [-0.2, -0.15) is 0 Å². The molecule has 2 aromatic heterocycles. The average molecular weight is 366 g/mol. The Kier molecular flexibility index (Phi) is 5.48. The first kappa shape index (κ1) is 17.7. The Balaban J connectivity index is 1.37. The predicted octanol–water partition coefficient (Wildman–Crippen LogP) is 1.17. The van der Waals surface area contributed by atoms with Crippen LogP contribution in [0.25, 0.3) is 0 Å². The van der Waals surface area contributed by atoms with Crippen molar-refractivity contribution in [1.29, 1.82) is 0 Å². The van der Waals surface area contributed by atoms with Crippen LogP contribution in [0.1, 0.15) is 18.4 Å². The summed E-state index contributed by atoms with van der Waals surface area (Å²) < 4.78 is 0. The van der Waals surface area contributed by atoms with Gasteiger partial charge in [0.15, 0.2) is 0 Å². The van der Waals surface area contributed by atoms with Crippen molar-refractivity contribution in [2.75, 3.05) is 42.5 Å². The van der Waals surface area contributed by atoms with Gasteiger partial charge in [0.1, 0.15) is 11.6 Å². The molecule has 2 aliphatic rings. The van der Waals surface area contributed by atoms with Crippen molar-refractivity contribution >= 4 is 17.5 Å². The molecule has 1 atom stereocenters. The second-order valence-corrected chi connectivity index (χ2v) is 7.01. The van der Waals surface area contributed by atoms with Crippen LogP contribution in [-0.4, -0.2) is 54.6 Å². The van der Waals surface area contributed by atoms with E-state index in [-0.39, 0.29) is 11.9 Å². The fourth-order valence-electron chi connectivity index (χ4n) is 3.76. The van der Waals surface area contributed by atoms with Crippen molar-refractivity contribution in [3.05, 3.63) is 48.3 Å². The molecular formula is C20H26N6O. The Labute approximate surface area is 159 Å². The molecule has 7 nitrogen and oxygen atoms in total. The lowest BCUT2D eigenvalue weighted by molar-refractivity contribution is -0.122. The highest BCUT2D eigenvalue weighted by Gasteiger charge is 2.23. The first-order valence-corrected chi connectivity index (χ1v) is 9.67. The monoisotopic (exact) mass is 366 g/mol. The van der Waals surface area contributed by atoms with Gasteiger partial charge >= 0.3 is 0 Å². The maximum absolute atomic E-state index is 12.3. The van der Waals surface area contributed by atoms with Crippen molar-refractivity contribution < 1.29 is 4.79 Å². The highest BCUT2D eigenvalue weighted by atomic mass is 16.2. The van der Waals surface area contributed by atoms with Gasteiger partial charge in [-0.1, -0.05) is 12.1 Å². The summed E-state index contributed by atoms with van der Waals surface area (Å²) in [4.78, 5) is 25.9. The zero-order valence-corrected chi connectivity index (χ0v) is 15.5. The Morgan fingerprint density at radius 1 is 1.07 bits per heavy atom. The van der Waals surface area contributed by atoms with E-state index >= 15 is 0 Å². The predicted molar refractivity (Wildman–Crippen MR) is 106 cm³/mol. The van der Waals surface area contributed by atoms with E-state index in [1.807, 2.05) is 30.6 Å². The van der Waals surface area contributed by atoms with Gasteiger partial charge in [-0.15, -0.1) is 0 Å². The summed E-state index contributed by atoms with van der Waals surface area (Å²) in [7, 11) is 0. The molecule has 2 fully saturated rings. The minimum absolute atomic E-state index is 0.0490. The molecule has 7 heteroatoms. The number of piperazine rings is 1. The number of pyridine rings is 2. The van der Waals surface area contributed by atoms with Gasteiger partial charge in [-0.05, 0) is 37.6 Å². The molecule has 0 spiro atoms. The summed E-state index contributed by atoms with van der Waals surface area (Å²) in [6.07, 6.45) is 5.64. The summed E-state index contributed by atoms with van der Waals surface area (Å²) in [6, 6.07) is 9.95. The van der Waals surface area contributed by atoms with E-state index in [4.69, 9.17) is 0 Å². The van der Waals surface area contributed by atoms with E-state index in [2.05, 4.69) is 42.5 Å². The first-order chi connectivity index (χ1) is 13.3. The molecule has 2 aromatic rings. The minimum atomic E-state index is -0.0490. The number of carbonyl (C=O) groups excluding carboxylic acids is 1. The molecule has 4 rings (SSSR count). The third kappa shape index (κ3) is 4.19. The van der Waals surface area contributed by atoms with Crippen molar-refractivity contribution in [2.45, 2.75) is 25.4 Å². The quantitative estimate of drug-likeness (QED) is 0.828. The zero-order chi connectivity index (χ0) is 18.5. The van der Waals surface area contributed by atoms with Gasteiger partial charge in [0.05, 0.1) is 6.04 Å². The van der Waals surface area contributed by atoms with Crippen molar-refractivity contribution in [1.82, 2.24) is 20.6 Å². The molecule has 0 aliphatic carbocycles. The second kappa shape index (κ2) is 8.35. The minimum Gasteiger partial charge on any atom is -0.353 e. The molecule has 2 saturated heterocycles. The number of rotatable bonds is 5. The van der Waals surface area contributed by atoms with Crippen LogP contribution in [0.2, 0.25) is 0 Å². The molecule has 142 valence electrons.